The maximum atomic E-state index is 13.0. The van der Waals surface area contributed by atoms with Crippen molar-refractivity contribution >= 4 is 40.1 Å². The summed E-state index contributed by atoms with van der Waals surface area (Å²) in [6.07, 6.45) is 4.40. The number of nitrogen functional groups attached to an aromatic ring is 1. The first-order valence-electron chi connectivity index (χ1n) is 10.4. The van der Waals surface area contributed by atoms with Crippen molar-refractivity contribution in [2.45, 2.75) is 26.2 Å². The first kappa shape index (κ1) is 21.1. The van der Waals surface area contributed by atoms with E-state index in [0.717, 1.165) is 19.3 Å². The van der Waals surface area contributed by atoms with Gasteiger partial charge in [-0.3, -0.25) is 4.79 Å². The number of aromatic hydroxyl groups is 2. The van der Waals surface area contributed by atoms with Crippen LogP contribution in [0.25, 0.3) is 22.2 Å². The van der Waals surface area contributed by atoms with Crippen molar-refractivity contribution in [3.8, 4) is 11.5 Å². The number of anilines is 1. The highest BCUT2D eigenvalue weighted by atomic mass is 16.3. The summed E-state index contributed by atoms with van der Waals surface area (Å²) in [4.78, 5) is 22.2. The van der Waals surface area contributed by atoms with Crippen molar-refractivity contribution in [3.63, 3.8) is 0 Å². The predicted molar refractivity (Wildman–Crippen MR) is 124 cm³/mol. The van der Waals surface area contributed by atoms with Crippen molar-refractivity contribution in [1.82, 2.24) is 20.0 Å². The lowest BCUT2D eigenvalue weighted by atomic mass is 10.2. The first-order valence-corrected chi connectivity index (χ1v) is 10.4. The summed E-state index contributed by atoms with van der Waals surface area (Å²) in [5.41, 5.74) is 9.09. The van der Waals surface area contributed by atoms with Crippen LogP contribution < -0.4 is 11.1 Å². The van der Waals surface area contributed by atoms with Crippen LogP contribution in [-0.4, -0.2) is 43.5 Å². The Morgan fingerprint density at radius 1 is 1.12 bits per heavy atom. The van der Waals surface area contributed by atoms with E-state index in [1.165, 1.54) is 23.0 Å². The van der Waals surface area contributed by atoms with Crippen LogP contribution in [0.1, 0.15) is 42.1 Å². The second-order valence-electron chi connectivity index (χ2n) is 7.41. The van der Waals surface area contributed by atoms with Gasteiger partial charge >= 0.3 is 0 Å². The van der Waals surface area contributed by atoms with Crippen LogP contribution in [0.4, 0.5) is 5.82 Å². The van der Waals surface area contributed by atoms with Crippen molar-refractivity contribution in [2.75, 3.05) is 12.3 Å². The molecule has 164 valence electrons. The van der Waals surface area contributed by atoms with E-state index in [0.29, 0.717) is 34.3 Å². The number of fused-ring (bicyclic) bond motifs is 2. The topological polar surface area (TPSA) is 139 Å². The summed E-state index contributed by atoms with van der Waals surface area (Å²) >= 11 is 0. The predicted octanol–water partition coefficient (Wildman–Crippen LogP) is 3.38. The molecule has 0 aliphatic rings. The smallest absolute Gasteiger partial charge is 0.257 e. The normalized spacial score (nSPS) is 11.5. The number of hydrogen-bond donors (Lipinski definition) is 4. The fraction of sp³-hybridized carbons (Fsp3) is 0.217. The fourth-order valence-electron chi connectivity index (χ4n) is 3.40. The Bertz CT molecular complexity index is 1330. The first-order chi connectivity index (χ1) is 15.5. The number of unbranched alkanes of at least 4 members (excludes halogenated alkanes) is 2. The maximum absolute atomic E-state index is 13.0. The van der Waals surface area contributed by atoms with Gasteiger partial charge in [0, 0.05) is 6.54 Å². The molecule has 0 aliphatic carbocycles. The second kappa shape index (κ2) is 8.93. The number of amides is 1. The summed E-state index contributed by atoms with van der Waals surface area (Å²) in [5.74, 6) is -0.711. The van der Waals surface area contributed by atoms with Gasteiger partial charge in [0.2, 0.25) is 0 Å². The number of rotatable bonds is 7. The van der Waals surface area contributed by atoms with E-state index in [2.05, 4.69) is 27.3 Å². The minimum Gasteiger partial charge on any atom is -0.504 e. The van der Waals surface area contributed by atoms with Crippen LogP contribution in [0.3, 0.4) is 0 Å². The summed E-state index contributed by atoms with van der Waals surface area (Å²) in [6.45, 7) is 2.63. The lowest BCUT2D eigenvalue weighted by Crippen LogP contribution is -2.25. The number of aromatic nitrogens is 3. The molecule has 4 aromatic rings. The third kappa shape index (κ3) is 4.04. The molecule has 9 heteroatoms. The Labute approximate surface area is 184 Å². The molecule has 0 bridgehead atoms. The van der Waals surface area contributed by atoms with Gasteiger partial charge in [-0.25, -0.2) is 9.97 Å². The molecule has 32 heavy (non-hydrogen) atoms. The molecule has 2 heterocycles. The SMILES string of the molecule is CCCCCNC(=O)c1c(N)n(N=Cc2ccc(O)c(O)c2)c2nc3ccccc3nc12. The largest absolute Gasteiger partial charge is 0.504 e. The Hall–Kier alpha value is -4.14. The lowest BCUT2D eigenvalue weighted by molar-refractivity contribution is 0.0955. The van der Waals surface area contributed by atoms with Crippen LogP contribution in [-0.2, 0) is 0 Å². The van der Waals surface area contributed by atoms with Gasteiger partial charge in [-0.05, 0) is 42.3 Å². The summed E-state index contributed by atoms with van der Waals surface area (Å²) in [7, 11) is 0. The van der Waals surface area contributed by atoms with Crippen LogP contribution in [0.5, 0.6) is 11.5 Å². The molecule has 2 aromatic carbocycles. The Morgan fingerprint density at radius 2 is 1.88 bits per heavy atom. The zero-order chi connectivity index (χ0) is 22.7. The molecule has 0 saturated heterocycles. The van der Waals surface area contributed by atoms with Gasteiger partial charge < -0.3 is 21.3 Å². The molecular weight excluding hydrogens is 408 g/mol. The number of nitrogens with one attached hydrogen (secondary N) is 1. The standard InChI is InChI=1S/C23H24N6O3/c1-2-3-6-11-25-23(32)19-20-22(28-16-8-5-4-7-15(16)27-20)29(21(19)24)26-13-14-9-10-17(30)18(31)12-14/h4-5,7-10,12-13,30-31H,2-3,6,11,24H2,1H3,(H,25,32). The number of para-hydroxylation sites is 2. The summed E-state index contributed by atoms with van der Waals surface area (Å²) in [6, 6.07) is 11.6. The molecule has 9 nitrogen and oxygen atoms in total. The molecule has 0 unspecified atom stereocenters. The van der Waals surface area contributed by atoms with Gasteiger partial charge in [-0.1, -0.05) is 31.9 Å². The van der Waals surface area contributed by atoms with E-state index >= 15 is 0 Å². The van der Waals surface area contributed by atoms with Gasteiger partial charge in [0.25, 0.3) is 5.91 Å². The van der Waals surface area contributed by atoms with Crippen molar-refractivity contribution in [3.05, 3.63) is 53.6 Å². The van der Waals surface area contributed by atoms with Gasteiger partial charge in [-0.15, -0.1) is 0 Å². The zero-order valence-corrected chi connectivity index (χ0v) is 17.6. The Morgan fingerprint density at radius 3 is 2.59 bits per heavy atom. The van der Waals surface area contributed by atoms with E-state index in [-0.39, 0.29) is 28.8 Å². The molecule has 2 aromatic heterocycles. The molecule has 0 radical (unpaired) electrons. The zero-order valence-electron chi connectivity index (χ0n) is 17.6. The quantitative estimate of drug-likeness (QED) is 0.201. The average molecular weight is 432 g/mol. The number of carbonyl (C=O) groups is 1. The molecule has 0 spiro atoms. The molecule has 0 atom stereocenters. The van der Waals surface area contributed by atoms with Crippen molar-refractivity contribution < 1.29 is 15.0 Å². The summed E-state index contributed by atoms with van der Waals surface area (Å²) < 4.78 is 1.36. The van der Waals surface area contributed by atoms with E-state index in [1.807, 2.05) is 24.3 Å². The molecule has 0 saturated carbocycles. The number of hydrogen-bond acceptors (Lipinski definition) is 7. The molecule has 0 aliphatic heterocycles. The minimum atomic E-state index is -0.329. The van der Waals surface area contributed by atoms with Gasteiger partial charge in [0.1, 0.15) is 16.9 Å². The molecule has 1 amide bonds. The van der Waals surface area contributed by atoms with Crippen LogP contribution >= 0.6 is 0 Å². The monoisotopic (exact) mass is 432 g/mol. The Balaban J connectivity index is 1.81. The number of phenolic OH excluding ortho intramolecular Hbond substituents is 2. The number of carbonyl (C=O) groups excluding carboxylic acids is 1. The number of nitrogens with two attached hydrogens (primary N) is 1. The van der Waals surface area contributed by atoms with Crippen molar-refractivity contribution in [2.24, 2.45) is 5.10 Å². The van der Waals surface area contributed by atoms with E-state index in [1.54, 1.807) is 6.07 Å². The number of nitrogens with zero attached hydrogens (tertiary/aromatic N) is 4. The number of phenols is 2. The lowest BCUT2D eigenvalue weighted by Gasteiger charge is -2.05. The van der Waals surface area contributed by atoms with E-state index < -0.39 is 0 Å². The highest BCUT2D eigenvalue weighted by Crippen LogP contribution is 2.28. The van der Waals surface area contributed by atoms with Crippen molar-refractivity contribution in [1.29, 1.82) is 0 Å². The highest BCUT2D eigenvalue weighted by molar-refractivity contribution is 6.10. The van der Waals surface area contributed by atoms with Crippen LogP contribution in [0.15, 0.2) is 47.6 Å². The third-order valence-electron chi connectivity index (χ3n) is 5.09. The van der Waals surface area contributed by atoms with E-state index in [4.69, 9.17) is 5.73 Å². The average Bonchev–Trinajstić information content (AvgIpc) is 3.06. The molecule has 0 fully saturated rings. The van der Waals surface area contributed by atoms with Gasteiger partial charge in [0.15, 0.2) is 17.1 Å². The maximum Gasteiger partial charge on any atom is 0.257 e. The van der Waals surface area contributed by atoms with Gasteiger partial charge in [-0.2, -0.15) is 9.78 Å². The van der Waals surface area contributed by atoms with Gasteiger partial charge in [0.05, 0.1) is 17.2 Å². The fourth-order valence-corrected chi connectivity index (χ4v) is 3.40. The molecular formula is C23H24N6O3. The third-order valence-corrected chi connectivity index (χ3v) is 5.09. The second-order valence-corrected chi connectivity index (χ2v) is 7.41. The van der Waals surface area contributed by atoms with Crippen LogP contribution in [0.2, 0.25) is 0 Å². The van der Waals surface area contributed by atoms with Crippen LogP contribution in [0, 0.1) is 0 Å². The highest BCUT2D eigenvalue weighted by Gasteiger charge is 2.23. The molecule has 5 N–H and O–H groups in total. The minimum absolute atomic E-state index is 0.113. The summed E-state index contributed by atoms with van der Waals surface area (Å²) in [5, 5.41) is 26.5. The number of benzene rings is 2. The Kier molecular flexibility index (Phi) is 5.89. The van der Waals surface area contributed by atoms with E-state index in [9.17, 15) is 15.0 Å². The molecule has 4 rings (SSSR count).